The van der Waals surface area contributed by atoms with Crippen LogP contribution in [0.2, 0.25) is 0 Å². The van der Waals surface area contributed by atoms with Crippen LogP contribution in [0.1, 0.15) is 15.9 Å². The average Bonchev–Trinajstić information content (AvgIpc) is 2.40. The maximum atomic E-state index is 13.5. The molecule has 0 heterocycles. The highest BCUT2D eigenvalue weighted by atomic mass is 79.9. The minimum absolute atomic E-state index is 0.144. The van der Waals surface area contributed by atoms with Crippen molar-refractivity contribution in [1.82, 2.24) is 5.32 Å². The van der Waals surface area contributed by atoms with Gasteiger partial charge in [0.1, 0.15) is 5.82 Å². The van der Waals surface area contributed by atoms with E-state index < -0.39 is 0 Å². The highest BCUT2D eigenvalue weighted by Crippen LogP contribution is 2.17. The minimum Gasteiger partial charge on any atom is -0.348 e. The zero-order valence-electron chi connectivity index (χ0n) is 9.79. The second kappa shape index (κ2) is 6.30. The van der Waals surface area contributed by atoms with Gasteiger partial charge in [-0.15, -0.1) is 0 Å². The number of carbonyl (C=O) groups excluding carboxylic acids is 1. The van der Waals surface area contributed by atoms with Crippen molar-refractivity contribution in [3.63, 3.8) is 0 Å². The molecule has 0 aliphatic heterocycles. The van der Waals surface area contributed by atoms with Crippen molar-refractivity contribution in [3.8, 4) is 0 Å². The Hall–Kier alpha value is -1.20. The van der Waals surface area contributed by atoms with Crippen molar-refractivity contribution in [2.75, 3.05) is 0 Å². The second-order valence-corrected chi connectivity index (χ2v) is 5.67. The van der Waals surface area contributed by atoms with Gasteiger partial charge in [-0.2, -0.15) is 0 Å². The molecule has 0 radical (unpaired) electrons. The quantitative estimate of drug-likeness (QED) is 0.837. The zero-order chi connectivity index (χ0) is 13.8. The van der Waals surface area contributed by atoms with Gasteiger partial charge < -0.3 is 5.32 Å². The first-order chi connectivity index (χ1) is 9.08. The SMILES string of the molecule is O=C(NCc1cc(Br)ccc1F)c1ccccc1Br. The lowest BCUT2D eigenvalue weighted by Crippen LogP contribution is -2.23. The van der Waals surface area contributed by atoms with E-state index in [4.69, 9.17) is 0 Å². The van der Waals surface area contributed by atoms with Gasteiger partial charge in [0.05, 0.1) is 5.56 Å². The van der Waals surface area contributed by atoms with Gasteiger partial charge in [-0.3, -0.25) is 4.79 Å². The summed E-state index contributed by atoms with van der Waals surface area (Å²) in [6.07, 6.45) is 0. The Balaban J connectivity index is 2.09. The Morgan fingerprint density at radius 2 is 1.89 bits per heavy atom. The highest BCUT2D eigenvalue weighted by molar-refractivity contribution is 9.10. The van der Waals surface area contributed by atoms with Gasteiger partial charge in [-0.05, 0) is 46.3 Å². The summed E-state index contributed by atoms with van der Waals surface area (Å²) in [5.74, 6) is -0.581. The summed E-state index contributed by atoms with van der Waals surface area (Å²) in [4.78, 5) is 12.0. The molecule has 0 spiro atoms. The summed E-state index contributed by atoms with van der Waals surface area (Å²) in [6, 6.07) is 11.7. The van der Waals surface area contributed by atoms with E-state index in [9.17, 15) is 9.18 Å². The lowest BCUT2D eigenvalue weighted by atomic mass is 10.2. The number of hydrogen-bond donors (Lipinski definition) is 1. The molecule has 0 saturated carbocycles. The molecule has 1 amide bonds. The van der Waals surface area contributed by atoms with Crippen molar-refractivity contribution in [1.29, 1.82) is 0 Å². The first kappa shape index (κ1) is 14.2. The minimum atomic E-state index is -0.337. The van der Waals surface area contributed by atoms with Gasteiger partial charge >= 0.3 is 0 Å². The summed E-state index contributed by atoms with van der Waals surface area (Å²) >= 11 is 6.58. The van der Waals surface area contributed by atoms with Crippen LogP contribution in [0.5, 0.6) is 0 Å². The van der Waals surface area contributed by atoms with E-state index in [0.29, 0.717) is 15.6 Å². The van der Waals surface area contributed by atoms with Crippen LogP contribution in [0.4, 0.5) is 4.39 Å². The molecule has 5 heteroatoms. The summed E-state index contributed by atoms with van der Waals surface area (Å²) in [5.41, 5.74) is 0.965. The summed E-state index contributed by atoms with van der Waals surface area (Å²) in [7, 11) is 0. The molecule has 19 heavy (non-hydrogen) atoms. The third-order valence-electron chi connectivity index (χ3n) is 2.57. The van der Waals surface area contributed by atoms with Crippen LogP contribution in [0, 0.1) is 5.82 Å². The third kappa shape index (κ3) is 3.64. The molecular weight excluding hydrogens is 377 g/mol. The van der Waals surface area contributed by atoms with Gasteiger partial charge in [-0.1, -0.05) is 28.1 Å². The second-order valence-electron chi connectivity index (χ2n) is 3.90. The number of rotatable bonds is 3. The monoisotopic (exact) mass is 385 g/mol. The Bertz CT molecular complexity index is 616. The lowest BCUT2D eigenvalue weighted by Gasteiger charge is -2.08. The lowest BCUT2D eigenvalue weighted by molar-refractivity contribution is 0.0950. The molecule has 0 aliphatic rings. The van der Waals surface area contributed by atoms with Gasteiger partial charge in [0.25, 0.3) is 5.91 Å². The van der Waals surface area contributed by atoms with Crippen molar-refractivity contribution < 1.29 is 9.18 Å². The molecule has 0 aliphatic carbocycles. The molecule has 2 aromatic rings. The van der Waals surface area contributed by atoms with E-state index in [-0.39, 0.29) is 18.3 Å². The molecule has 0 aromatic heterocycles. The first-order valence-corrected chi connectivity index (χ1v) is 7.13. The predicted octanol–water partition coefficient (Wildman–Crippen LogP) is 4.28. The number of nitrogens with one attached hydrogen (secondary N) is 1. The molecule has 2 nitrogen and oxygen atoms in total. The van der Waals surface area contributed by atoms with Crippen molar-refractivity contribution in [2.45, 2.75) is 6.54 Å². The first-order valence-electron chi connectivity index (χ1n) is 5.54. The zero-order valence-corrected chi connectivity index (χ0v) is 13.0. The molecule has 98 valence electrons. The molecule has 1 N–H and O–H groups in total. The largest absolute Gasteiger partial charge is 0.348 e. The standard InChI is InChI=1S/C14H10Br2FNO/c15-10-5-6-13(17)9(7-10)8-18-14(19)11-3-1-2-4-12(11)16/h1-7H,8H2,(H,18,19). The summed E-state index contributed by atoms with van der Waals surface area (Å²) in [5, 5.41) is 2.69. The average molecular weight is 387 g/mol. The number of hydrogen-bond acceptors (Lipinski definition) is 1. The van der Waals surface area contributed by atoms with Crippen LogP contribution < -0.4 is 5.32 Å². The number of halogens is 3. The van der Waals surface area contributed by atoms with E-state index in [2.05, 4.69) is 37.2 Å². The Kier molecular flexibility index (Phi) is 4.71. The van der Waals surface area contributed by atoms with Crippen molar-refractivity contribution in [3.05, 3.63) is 68.4 Å². The van der Waals surface area contributed by atoms with E-state index in [1.807, 2.05) is 6.07 Å². The molecule has 0 bridgehead atoms. The topological polar surface area (TPSA) is 29.1 Å². The predicted molar refractivity (Wildman–Crippen MR) is 79.4 cm³/mol. The van der Waals surface area contributed by atoms with E-state index in [1.54, 1.807) is 30.3 Å². The maximum absolute atomic E-state index is 13.5. The third-order valence-corrected chi connectivity index (χ3v) is 3.75. The number of benzene rings is 2. The Morgan fingerprint density at radius 1 is 1.16 bits per heavy atom. The smallest absolute Gasteiger partial charge is 0.252 e. The highest BCUT2D eigenvalue weighted by Gasteiger charge is 2.10. The van der Waals surface area contributed by atoms with Crippen molar-refractivity contribution in [2.24, 2.45) is 0 Å². The number of carbonyl (C=O) groups is 1. The number of amides is 1. The Morgan fingerprint density at radius 3 is 2.63 bits per heavy atom. The van der Waals surface area contributed by atoms with E-state index >= 15 is 0 Å². The molecule has 2 aromatic carbocycles. The molecule has 0 saturated heterocycles. The van der Waals surface area contributed by atoms with Gasteiger partial charge in [0.2, 0.25) is 0 Å². The van der Waals surface area contributed by atoms with Gasteiger partial charge in [0, 0.05) is 21.1 Å². The van der Waals surface area contributed by atoms with E-state index in [0.717, 1.165) is 4.47 Å². The van der Waals surface area contributed by atoms with E-state index in [1.165, 1.54) is 6.07 Å². The fourth-order valence-corrected chi connectivity index (χ4v) is 2.47. The normalized spacial score (nSPS) is 10.3. The van der Waals surface area contributed by atoms with Crippen LogP contribution >= 0.6 is 31.9 Å². The molecule has 0 fully saturated rings. The van der Waals surface area contributed by atoms with Crippen LogP contribution in [-0.4, -0.2) is 5.91 Å². The van der Waals surface area contributed by atoms with Crippen LogP contribution in [0.15, 0.2) is 51.4 Å². The maximum Gasteiger partial charge on any atom is 0.252 e. The van der Waals surface area contributed by atoms with Crippen LogP contribution in [0.3, 0.4) is 0 Å². The molecule has 0 atom stereocenters. The van der Waals surface area contributed by atoms with Crippen molar-refractivity contribution >= 4 is 37.8 Å². The van der Waals surface area contributed by atoms with Crippen LogP contribution in [0.25, 0.3) is 0 Å². The van der Waals surface area contributed by atoms with Gasteiger partial charge in [0.15, 0.2) is 0 Å². The van der Waals surface area contributed by atoms with Crippen LogP contribution in [-0.2, 0) is 6.54 Å². The molecular formula is C14H10Br2FNO. The summed E-state index contributed by atoms with van der Waals surface area (Å²) < 4.78 is 15.0. The fourth-order valence-electron chi connectivity index (χ4n) is 1.59. The Labute approximate surface area is 127 Å². The van der Waals surface area contributed by atoms with Gasteiger partial charge in [-0.25, -0.2) is 4.39 Å². The fraction of sp³-hybridized carbons (Fsp3) is 0.0714. The molecule has 0 unspecified atom stereocenters. The summed E-state index contributed by atoms with van der Waals surface area (Å²) in [6.45, 7) is 0.144. The molecule has 2 rings (SSSR count).